The number of benzene rings is 2. The molecule has 0 unspecified atom stereocenters. The lowest BCUT2D eigenvalue weighted by Gasteiger charge is -2.14. The van der Waals surface area contributed by atoms with Crippen LogP contribution in [0.15, 0.2) is 54.2 Å². The van der Waals surface area contributed by atoms with E-state index in [4.69, 9.17) is 9.47 Å². The number of thiazole rings is 1. The molecule has 5 nitrogen and oxygen atoms in total. The number of amides is 1. The average Bonchev–Trinajstić information content (AvgIpc) is 3.36. The van der Waals surface area contributed by atoms with E-state index in [0.717, 1.165) is 24.1 Å². The highest BCUT2D eigenvalue weighted by atomic mass is 79.9. The fourth-order valence-corrected chi connectivity index (χ4v) is 5.33. The monoisotopic (exact) mass is 648 g/mol. The molecule has 1 amide bonds. The highest BCUT2D eigenvalue weighted by Crippen LogP contribution is 2.30. The molecule has 1 heterocycles. The third-order valence-corrected chi connectivity index (χ3v) is 7.75. The van der Waals surface area contributed by atoms with Crippen molar-refractivity contribution in [1.82, 2.24) is 0 Å². The van der Waals surface area contributed by atoms with Crippen LogP contribution < -0.4 is 36.3 Å². The van der Waals surface area contributed by atoms with Crippen LogP contribution in [-0.2, 0) is 11.3 Å². The first-order chi connectivity index (χ1) is 19.6. The molecule has 0 bridgehead atoms. The molecule has 0 saturated heterocycles. The highest BCUT2D eigenvalue weighted by molar-refractivity contribution is 7.09. The van der Waals surface area contributed by atoms with E-state index in [-0.39, 0.29) is 41.0 Å². The number of aryl methyl sites for hydroxylation is 1. The number of unbranched alkanes of at least 4 members (excludes halogenated alkanes) is 11. The number of ether oxygens (including phenoxy) is 2. The van der Waals surface area contributed by atoms with E-state index in [0.29, 0.717) is 13.2 Å². The second kappa shape index (κ2) is 20.4. The van der Waals surface area contributed by atoms with Crippen LogP contribution in [0.4, 0.5) is 10.1 Å². The summed E-state index contributed by atoms with van der Waals surface area (Å²) < 4.78 is 28.1. The maximum atomic E-state index is 14.5. The molecule has 1 aromatic heterocycles. The zero-order valence-electron chi connectivity index (χ0n) is 24.6. The normalized spacial score (nSPS) is 10.7. The zero-order valence-corrected chi connectivity index (χ0v) is 27.0. The number of halogens is 2. The predicted molar refractivity (Wildman–Crippen MR) is 162 cm³/mol. The van der Waals surface area contributed by atoms with Gasteiger partial charge in [0, 0.05) is 5.56 Å². The van der Waals surface area contributed by atoms with Crippen LogP contribution >= 0.6 is 11.3 Å². The Bertz CT molecular complexity index is 1160. The summed E-state index contributed by atoms with van der Waals surface area (Å²) in [6, 6.07) is 12.3. The van der Waals surface area contributed by atoms with Crippen molar-refractivity contribution in [3.05, 3.63) is 70.4 Å². The lowest BCUT2D eigenvalue weighted by Crippen LogP contribution is -3.00. The second-order valence-electron chi connectivity index (χ2n) is 10.4. The van der Waals surface area contributed by atoms with Crippen molar-refractivity contribution in [2.45, 2.75) is 97.4 Å². The number of aromatic nitrogens is 1. The predicted octanol–water partition coefficient (Wildman–Crippen LogP) is 5.63. The van der Waals surface area contributed by atoms with E-state index in [2.05, 4.69) is 35.4 Å². The number of nitrogens with zero attached hydrogens (tertiary/aromatic N) is 1. The molecule has 226 valence electrons. The van der Waals surface area contributed by atoms with Crippen molar-refractivity contribution in [2.75, 3.05) is 18.5 Å². The average molecular weight is 650 g/mol. The Kier molecular flexibility index (Phi) is 17.3. The highest BCUT2D eigenvalue weighted by Gasteiger charge is 2.15. The molecule has 41 heavy (non-hydrogen) atoms. The van der Waals surface area contributed by atoms with Crippen molar-refractivity contribution in [3.63, 3.8) is 0 Å². The molecule has 1 N–H and O–H groups in total. The first-order valence-corrected chi connectivity index (χ1v) is 15.8. The fourth-order valence-electron chi connectivity index (χ4n) is 4.69. The first-order valence-electron chi connectivity index (χ1n) is 14.9. The van der Waals surface area contributed by atoms with Gasteiger partial charge in [0.2, 0.25) is 5.51 Å². The number of nitrogens with one attached hydrogen (secondary N) is 1. The van der Waals surface area contributed by atoms with Gasteiger partial charge in [-0.1, -0.05) is 113 Å². The minimum Gasteiger partial charge on any atom is -1.00 e. The molecule has 0 atom stereocenters. The minimum absolute atomic E-state index is 0. The number of carbonyl (C=O) groups excluding carboxylic acids is 1. The van der Waals surface area contributed by atoms with Gasteiger partial charge < -0.3 is 31.8 Å². The van der Waals surface area contributed by atoms with Crippen molar-refractivity contribution in [3.8, 4) is 11.5 Å². The number of anilines is 1. The number of rotatable bonds is 20. The molecular formula is C33H46BrFN2O3S. The summed E-state index contributed by atoms with van der Waals surface area (Å²) in [6.07, 6.45) is 17.2. The van der Waals surface area contributed by atoms with Gasteiger partial charge in [0.1, 0.15) is 0 Å². The molecular weight excluding hydrogens is 603 g/mol. The molecule has 0 fully saturated rings. The minimum atomic E-state index is -0.481. The summed E-state index contributed by atoms with van der Waals surface area (Å²) in [5, 5.41) is 2.93. The molecule has 0 saturated carbocycles. The Balaban J connectivity index is 0.00000588. The quantitative estimate of drug-likeness (QED) is 0.128. The van der Waals surface area contributed by atoms with Crippen LogP contribution in [0.25, 0.3) is 0 Å². The fraction of sp³-hybridized carbons (Fsp3) is 0.515. The molecule has 0 radical (unpaired) electrons. The Morgan fingerprint density at radius 2 is 1.54 bits per heavy atom. The van der Waals surface area contributed by atoms with Gasteiger partial charge in [0.05, 0.1) is 17.2 Å². The summed E-state index contributed by atoms with van der Waals surface area (Å²) in [5.74, 6) is -0.477. The van der Waals surface area contributed by atoms with E-state index >= 15 is 0 Å². The van der Waals surface area contributed by atoms with Crippen LogP contribution in [0, 0.1) is 12.7 Å². The Hall–Kier alpha value is -2.45. The molecule has 0 aliphatic heterocycles. The Morgan fingerprint density at radius 1 is 0.878 bits per heavy atom. The van der Waals surface area contributed by atoms with Gasteiger partial charge >= 0.3 is 0 Å². The molecule has 3 rings (SSSR count). The molecule has 3 aromatic rings. The van der Waals surface area contributed by atoms with E-state index in [9.17, 15) is 9.18 Å². The number of hydrogen-bond donors (Lipinski definition) is 1. The molecule has 0 aliphatic carbocycles. The Labute approximate surface area is 260 Å². The molecule has 2 aromatic carbocycles. The van der Waals surface area contributed by atoms with Crippen molar-refractivity contribution in [2.24, 2.45) is 0 Å². The van der Waals surface area contributed by atoms with Crippen molar-refractivity contribution >= 4 is 22.9 Å². The summed E-state index contributed by atoms with van der Waals surface area (Å²) in [6.45, 7) is 5.16. The second-order valence-corrected chi connectivity index (χ2v) is 11.5. The third kappa shape index (κ3) is 13.4. The lowest BCUT2D eigenvalue weighted by molar-refractivity contribution is -0.683. The zero-order chi connectivity index (χ0) is 28.4. The van der Waals surface area contributed by atoms with E-state index < -0.39 is 5.82 Å². The van der Waals surface area contributed by atoms with E-state index in [1.54, 1.807) is 23.5 Å². The van der Waals surface area contributed by atoms with Gasteiger partial charge in [-0.05, 0) is 31.5 Å². The van der Waals surface area contributed by atoms with Gasteiger partial charge in [-0.15, -0.1) is 0 Å². The summed E-state index contributed by atoms with van der Waals surface area (Å²) in [5.41, 5.74) is 3.78. The smallest absolute Gasteiger partial charge is 0.262 e. The van der Waals surface area contributed by atoms with Gasteiger partial charge in [-0.2, -0.15) is 4.57 Å². The first kappa shape index (κ1) is 34.7. The lowest BCUT2D eigenvalue weighted by atomic mass is 10.1. The van der Waals surface area contributed by atoms with Gasteiger partial charge in [0.15, 0.2) is 36.7 Å². The van der Waals surface area contributed by atoms with Crippen LogP contribution in [0.2, 0.25) is 0 Å². The number of carbonyl (C=O) groups is 1. The van der Waals surface area contributed by atoms with Crippen LogP contribution in [0.5, 0.6) is 11.5 Å². The molecule has 8 heteroatoms. The Morgan fingerprint density at radius 3 is 2.20 bits per heavy atom. The topological polar surface area (TPSA) is 51.4 Å². The van der Waals surface area contributed by atoms with E-state index in [1.165, 1.54) is 75.2 Å². The third-order valence-electron chi connectivity index (χ3n) is 6.90. The molecule has 0 spiro atoms. The van der Waals surface area contributed by atoms with Crippen molar-refractivity contribution < 1.29 is 40.2 Å². The number of para-hydroxylation sites is 2. The summed E-state index contributed by atoms with van der Waals surface area (Å²) >= 11 is 1.68. The van der Waals surface area contributed by atoms with Crippen LogP contribution in [0.3, 0.4) is 0 Å². The van der Waals surface area contributed by atoms with Gasteiger partial charge in [0.25, 0.3) is 5.91 Å². The van der Waals surface area contributed by atoms with Crippen molar-refractivity contribution in [1.29, 1.82) is 0 Å². The molecule has 0 aliphatic rings. The van der Waals surface area contributed by atoms with Gasteiger partial charge in [-0.3, -0.25) is 4.79 Å². The largest absolute Gasteiger partial charge is 1.00 e. The number of hydrogen-bond acceptors (Lipinski definition) is 4. The van der Waals surface area contributed by atoms with Gasteiger partial charge in [-0.25, -0.2) is 4.39 Å². The van der Waals surface area contributed by atoms with Crippen LogP contribution in [0.1, 0.15) is 94.4 Å². The maximum absolute atomic E-state index is 14.5. The van der Waals surface area contributed by atoms with Crippen LogP contribution in [-0.4, -0.2) is 19.1 Å². The van der Waals surface area contributed by atoms with E-state index in [1.807, 2.05) is 24.3 Å². The SMILES string of the molecule is CCCCCCCCCCCCCCOc1c(F)cccc1OCC(=O)Nc1ccccc1C[n+]1csc(C)c1.[Br-]. The standard InChI is InChI=1S/C33H45FN2O3S.BrH/c1-3-4-5-6-7-8-9-10-11-12-13-16-22-38-33-29(34)19-17-21-31(33)39-25-32(37)35-30-20-15-14-18-28(30)24-36-23-27(2)40-26-36;/h14-15,17-21,23,26H,3-13,16,22,24-25H2,1-2H3;1H. The summed E-state index contributed by atoms with van der Waals surface area (Å²) in [4.78, 5) is 13.9. The maximum Gasteiger partial charge on any atom is 0.262 e. The summed E-state index contributed by atoms with van der Waals surface area (Å²) in [7, 11) is 0.